The van der Waals surface area contributed by atoms with Gasteiger partial charge in [-0.3, -0.25) is 19.2 Å². The highest BCUT2D eigenvalue weighted by Gasteiger charge is 2.54. The molecule has 2 aromatic rings. The molecule has 4 fully saturated rings. The van der Waals surface area contributed by atoms with Crippen LogP contribution in [0.15, 0.2) is 29.2 Å². The van der Waals surface area contributed by atoms with Crippen molar-refractivity contribution < 1.29 is 73.1 Å². The van der Waals surface area contributed by atoms with Gasteiger partial charge in [-0.25, -0.2) is 0 Å². The monoisotopic (exact) mass is 1150 g/mol. The fourth-order valence-corrected chi connectivity index (χ4v) is 12.5. The summed E-state index contributed by atoms with van der Waals surface area (Å²) < 4.78 is 47.1. The normalized spacial score (nSPS) is 36.9. The van der Waals surface area contributed by atoms with Gasteiger partial charge in [-0.05, 0) is 133 Å². The number of carbonyl (C=O) groups excluding carboxylic acids is 3. The summed E-state index contributed by atoms with van der Waals surface area (Å²) in [6.07, 6.45) is -5.54. The predicted octanol–water partition coefficient (Wildman–Crippen LogP) is 3.26. The molecule has 3 saturated heterocycles. The van der Waals surface area contributed by atoms with E-state index >= 15 is 0 Å². The van der Waals surface area contributed by atoms with Gasteiger partial charge in [0, 0.05) is 87.6 Å². The maximum atomic E-state index is 14.6. The molecule has 1 saturated carbocycles. The lowest BCUT2D eigenvalue weighted by Crippen LogP contribution is -2.61. The molecule has 1 aromatic heterocycles. The number of fused-ring (bicyclic) bond motifs is 1. The van der Waals surface area contributed by atoms with Crippen LogP contribution < -0.4 is 16.1 Å². The molecule has 3 aliphatic heterocycles. The number of rotatable bonds is 19. The van der Waals surface area contributed by atoms with Crippen LogP contribution in [0, 0.1) is 17.8 Å². The number of likely N-dealkylation sites (N-methyl/N-ethyl adjacent to an activating group) is 3. The Morgan fingerprint density at radius 2 is 1.62 bits per heavy atom. The fraction of sp³-hybridized carbons (Fsp3) is 0.797. The smallest absolute Gasteiger partial charge is 0.311 e. The molecule has 0 spiro atoms. The number of nitrogens with one attached hydrogen (secondary N) is 2. The number of aromatic nitrogens is 1. The SMILES string of the molecule is CC[C@H]1OC(=O)[C@H](C)[C@@H](O[C@H]2C[C@@](C)(OC)[C@@H](OC(=O)CCN(C)CCNc3ccc4c(c3)c(=O)c(C(=O)NCCO)cn4C3CC3)[C@H](C)O2)[C@H](C)[C@@H](O[C@@H]2O[C@H](C)C[C@H](N(C)C)[C@H]2O)[C@](C)(O)C[C@@H](C)CN(C)[C@H](C)[C@@H](O)[C@]1(C)O. The first-order chi connectivity index (χ1) is 38.0. The molecule has 1 aliphatic carbocycles. The lowest BCUT2D eigenvalue weighted by Gasteiger charge is -2.49. The molecule has 1 amide bonds. The van der Waals surface area contributed by atoms with E-state index in [1.54, 1.807) is 60.7 Å². The van der Waals surface area contributed by atoms with Crippen LogP contribution in [-0.4, -0.2) is 228 Å². The summed E-state index contributed by atoms with van der Waals surface area (Å²) in [5, 5.41) is 63.8. The van der Waals surface area contributed by atoms with Gasteiger partial charge >= 0.3 is 11.9 Å². The lowest BCUT2D eigenvalue weighted by atomic mass is 9.77. The second-order valence-corrected chi connectivity index (χ2v) is 24.8. The van der Waals surface area contributed by atoms with Crippen LogP contribution >= 0.6 is 0 Å². The van der Waals surface area contributed by atoms with Crippen LogP contribution in [0.25, 0.3) is 10.9 Å². The third kappa shape index (κ3) is 15.9. The van der Waals surface area contributed by atoms with Gasteiger partial charge in [0.15, 0.2) is 18.7 Å². The summed E-state index contributed by atoms with van der Waals surface area (Å²) in [5.41, 5.74) is -3.58. The van der Waals surface area contributed by atoms with Gasteiger partial charge in [-0.15, -0.1) is 0 Å². The average molecular weight is 1150 g/mol. The summed E-state index contributed by atoms with van der Waals surface area (Å²) >= 11 is 0. The molecule has 81 heavy (non-hydrogen) atoms. The van der Waals surface area contributed by atoms with E-state index in [9.17, 15) is 44.7 Å². The van der Waals surface area contributed by atoms with Crippen LogP contribution in [0.2, 0.25) is 0 Å². The summed E-state index contributed by atoms with van der Waals surface area (Å²) in [7, 11) is 8.97. The number of ether oxygens (including phenoxy) is 7. The predicted molar refractivity (Wildman–Crippen MR) is 305 cm³/mol. The number of anilines is 1. The highest BCUT2D eigenvalue weighted by molar-refractivity contribution is 5.98. The second-order valence-electron chi connectivity index (χ2n) is 24.8. The Morgan fingerprint density at radius 1 is 0.926 bits per heavy atom. The van der Waals surface area contributed by atoms with E-state index in [0.717, 1.165) is 18.4 Å². The standard InChI is InChI=1S/C59H98N6O16/c1-16-45-59(10,74)51(70)37(6)64(14)31-33(2)29-57(8,73)52(81-56-49(69)44(62(11)12)27-34(3)76-56)35(4)50(36(5)55(72)78-45)80-47-30-58(9,75-15)53(38(7)77-47)79-46(67)21-24-63(13)25-22-60-39-17-20-43-41(28-39)48(68)42(54(71)61-23-26-66)32-65(43)40-18-19-40/h17,20,28,32-38,40,44-45,47,49-53,56,60,66,69-70,73-74H,16,18-19,21-27,29-31H2,1-15H3,(H,61,71)/t33-,34-,35+,36-,37-,38+,44+,45-,47+,49-,50+,51-,52-,53+,56+,57-,58-,59-/m1/s1. The van der Waals surface area contributed by atoms with Crippen molar-refractivity contribution >= 4 is 34.4 Å². The Bertz CT molecular complexity index is 2470. The Balaban J connectivity index is 1.17. The molecule has 0 radical (unpaired) electrons. The van der Waals surface area contributed by atoms with Gasteiger partial charge in [-0.1, -0.05) is 20.8 Å². The number of carbonyl (C=O) groups is 3. The third-order valence-electron chi connectivity index (χ3n) is 17.6. The number of hydrogen-bond acceptors (Lipinski definition) is 20. The molecule has 22 heteroatoms. The zero-order valence-electron chi connectivity index (χ0n) is 50.8. The van der Waals surface area contributed by atoms with Crippen LogP contribution in [0.5, 0.6) is 0 Å². The number of esters is 2. The van der Waals surface area contributed by atoms with Crippen molar-refractivity contribution in [2.24, 2.45) is 17.8 Å². The number of benzene rings is 1. The van der Waals surface area contributed by atoms with Crippen LogP contribution in [-0.2, 0) is 42.7 Å². The number of nitrogens with zero attached hydrogens (tertiary/aromatic N) is 4. The number of pyridine rings is 1. The maximum Gasteiger partial charge on any atom is 0.311 e. The van der Waals surface area contributed by atoms with Gasteiger partial charge in [0.05, 0.1) is 54.5 Å². The largest absolute Gasteiger partial charge is 0.459 e. The van der Waals surface area contributed by atoms with E-state index in [0.29, 0.717) is 43.7 Å². The molecule has 460 valence electrons. The van der Waals surface area contributed by atoms with Gasteiger partial charge in [0.25, 0.3) is 5.91 Å². The Hall–Kier alpha value is -3.88. The number of aliphatic hydroxyl groups is 5. The lowest BCUT2D eigenvalue weighted by molar-refractivity contribution is -0.318. The van der Waals surface area contributed by atoms with Crippen LogP contribution in [0.1, 0.15) is 131 Å². The third-order valence-corrected chi connectivity index (χ3v) is 17.6. The topological polar surface area (TPSA) is 273 Å². The molecular weight excluding hydrogens is 1050 g/mol. The minimum absolute atomic E-state index is 0.0284. The number of hydrogen-bond donors (Lipinski definition) is 7. The summed E-state index contributed by atoms with van der Waals surface area (Å²) in [6.45, 7) is 19.1. The number of cyclic esters (lactones) is 1. The average Bonchev–Trinajstić information content (AvgIpc) is 4.44. The summed E-state index contributed by atoms with van der Waals surface area (Å²) in [4.78, 5) is 60.6. The molecule has 4 aliphatic rings. The maximum absolute atomic E-state index is 14.6. The Labute approximate surface area is 479 Å². The van der Waals surface area contributed by atoms with E-state index in [4.69, 9.17) is 33.2 Å². The minimum Gasteiger partial charge on any atom is -0.459 e. The minimum atomic E-state index is -1.87. The number of aliphatic hydroxyl groups excluding tert-OH is 3. The molecule has 4 heterocycles. The van der Waals surface area contributed by atoms with Crippen molar-refractivity contribution in [1.82, 2.24) is 24.6 Å². The second kappa shape index (κ2) is 27.9. The van der Waals surface area contributed by atoms with E-state index in [2.05, 4.69) is 10.6 Å². The molecular formula is C59H98N6O16. The fourth-order valence-electron chi connectivity index (χ4n) is 12.5. The van der Waals surface area contributed by atoms with E-state index in [1.165, 1.54) is 14.0 Å². The van der Waals surface area contributed by atoms with Crippen LogP contribution in [0.3, 0.4) is 0 Å². The molecule has 0 bridgehead atoms. The molecule has 22 nitrogen and oxygen atoms in total. The quantitative estimate of drug-likeness (QED) is 0.0995. The molecule has 0 unspecified atom stereocenters. The number of methoxy groups -OCH3 is 1. The zero-order chi connectivity index (χ0) is 60.1. The first-order valence-corrected chi connectivity index (χ1v) is 29.2. The molecule has 1 aromatic carbocycles. The van der Waals surface area contributed by atoms with Gasteiger partial charge in [0.2, 0.25) is 5.43 Å². The van der Waals surface area contributed by atoms with Crippen molar-refractivity contribution in [2.75, 3.05) is 79.9 Å². The van der Waals surface area contributed by atoms with Crippen molar-refractivity contribution in [2.45, 2.75) is 211 Å². The van der Waals surface area contributed by atoms with Crippen molar-refractivity contribution in [3.63, 3.8) is 0 Å². The van der Waals surface area contributed by atoms with E-state index in [1.807, 2.05) is 73.4 Å². The van der Waals surface area contributed by atoms with E-state index in [-0.39, 0.29) is 73.9 Å². The van der Waals surface area contributed by atoms with Gasteiger partial charge in [-0.2, -0.15) is 0 Å². The van der Waals surface area contributed by atoms with E-state index < -0.39 is 108 Å². The summed E-state index contributed by atoms with van der Waals surface area (Å²) in [6, 6.07) is 4.83. The first kappa shape index (κ1) is 66.3. The molecule has 6 rings (SSSR count). The van der Waals surface area contributed by atoms with Gasteiger partial charge < -0.3 is 88.6 Å². The van der Waals surface area contributed by atoms with Crippen molar-refractivity contribution in [3.8, 4) is 0 Å². The molecule has 7 N–H and O–H groups in total. The summed E-state index contributed by atoms with van der Waals surface area (Å²) in [5.74, 6) is -3.89. The Kier molecular flexibility index (Phi) is 22.8. The van der Waals surface area contributed by atoms with Crippen molar-refractivity contribution in [1.29, 1.82) is 0 Å². The zero-order valence-corrected chi connectivity index (χ0v) is 50.8. The van der Waals surface area contributed by atoms with Crippen molar-refractivity contribution in [3.05, 3.63) is 40.2 Å². The highest BCUT2D eigenvalue weighted by Crippen LogP contribution is 2.42. The highest BCUT2D eigenvalue weighted by atomic mass is 16.7. The van der Waals surface area contributed by atoms with Crippen LogP contribution in [0.4, 0.5) is 5.69 Å². The number of amides is 1. The van der Waals surface area contributed by atoms with Gasteiger partial charge in [0.1, 0.15) is 35.1 Å². The molecule has 18 atom stereocenters. The first-order valence-electron chi connectivity index (χ1n) is 29.2. The Morgan fingerprint density at radius 3 is 2.25 bits per heavy atom.